The number of ether oxygens (including phenoxy) is 1. The second-order valence-corrected chi connectivity index (χ2v) is 6.49. The molecule has 1 aromatic heterocycles. The highest BCUT2D eigenvalue weighted by Crippen LogP contribution is 2.29. The molecule has 1 saturated carbocycles. The van der Waals surface area contributed by atoms with Crippen molar-refractivity contribution in [1.82, 2.24) is 4.98 Å². The highest BCUT2D eigenvalue weighted by molar-refractivity contribution is 5.98. The summed E-state index contributed by atoms with van der Waals surface area (Å²) in [6.07, 6.45) is 7.31. The van der Waals surface area contributed by atoms with Gasteiger partial charge in [0.25, 0.3) is 0 Å². The number of aryl methyl sites for hydroxylation is 1. The van der Waals surface area contributed by atoms with Gasteiger partial charge in [-0.25, -0.2) is 0 Å². The summed E-state index contributed by atoms with van der Waals surface area (Å²) >= 11 is 0. The number of pyridine rings is 1. The van der Waals surface area contributed by atoms with E-state index < -0.39 is 0 Å². The molecule has 25 heavy (non-hydrogen) atoms. The van der Waals surface area contributed by atoms with Crippen LogP contribution in [0.1, 0.15) is 36.6 Å². The molecule has 0 spiro atoms. The Morgan fingerprint density at radius 2 is 2.08 bits per heavy atom. The van der Waals surface area contributed by atoms with E-state index in [1.807, 2.05) is 50.3 Å². The lowest BCUT2D eigenvalue weighted by Crippen LogP contribution is -2.03. The van der Waals surface area contributed by atoms with Gasteiger partial charge in [-0.3, -0.25) is 9.98 Å². The quantitative estimate of drug-likeness (QED) is 0.780. The molecule has 1 aliphatic rings. The Morgan fingerprint density at radius 1 is 1.28 bits per heavy atom. The number of nitrogens with two attached hydrogens (primary N) is 1. The highest BCUT2D eigenvalue weighted by atomic mass is 16.5. The first-order valence-electron chi connectivity index (χ1n) is 8.77. The molecule has 1 fully saturated rings. The predicted octanol–water partition coefficient (Wildman–Crippen LogP) is 3.93. The van der Waals surface area contributed by atoms with E-state index in [2.05, 4.69) is 16.0 Å². The minimum atomic E-state index is 0.414. The van der Waals surface area contributed by atoms with E-state index in [9.17, 15) is 0 Å². The van der Waals surface area contributed by atoms with Crippen molar-refractivity contribution in [3.63, 3.8) is 0 Å². The van der Waals surface area contributed by atoms with Gasteiger partial charge in [0.15, 0.2) is 0 Å². The Hall–Kier alpha value is -2.62. The summed E-state index contributed by atoms with van der Waals surface area (Å²) in [6.45, 7) is 4.65. The first kappa shape index (κ1) is 17.2. The SMILES string of the molecule is CC(C=C(N)c1ccc(C)nc1)=NCCc1ccccc1OC1CC1. The number of benzene rings is 1. The highest BCUT2D eigenvalue weighted by Gasteiger charge is 2.24. The monoisotopic (exact) mass is 335 g/mol. The molecule has 1 aliphatic carbocycles. The summed E-state index contributed by atoms with van der Waals surface area (Å²) in [5.74, 6) is 0.999. The Bertz CT molecular complexity index is 774. The topological polar surface area (TPSA) is 60.5 Å². The molecule has 0 bridgehead atoms. The fourth-order valence-corrected chi connectivity index (χ4v) is 2.54. The van der Waals surface area contributed by atoms with Crippen LogP contribution < -0.4 is 10.5 Å². The molecular weight excluding hydrogens is 310 g/mol. The summed E-state index contributed by atoms with van der Waals surface area (Å²) in [6, 6.07) is 12.2. The van der Waals surface area contributed by atoms with Crippen molar-refractivity contribution in [2.75, 3.05) is 6.54 Å². The van der Waals surface area contributed by atoms with Crippen LogP contribution in [0.2, 0.25) is 0 Å². The molecule has 3 rings (SSSR count). The molecule has 4 nitrogen and oxygen atoms in total. The molecular formula is C21H25N3O. The van der Waals surface area contributed by atoms with Crippen LogP contribution in [0.3, 0.4) is 0 Å². The van der Waals surface area contributed by atoms with E-state index in [4.69, 9.17) is 10.5 Å². The van der Waals surface area contributed by atoms with Crippen molar-refractivity contribution in [3.8, 4) is 5.75 Å². The molecule has 130 valence electrons. The van der Waals surface area contributed by atoms with Crippen LogP contribution in [0.4, 0.5) is 0 Å². The normalized spacial score (nSPS) is 15.3. The zero-order valence-electron chi connectivity index (χ0n) is 14.9. The smallest absolute Gasteiger partial charge is 0.122 e. The van der Waals surface area contributed by atoms with Gasteiger partial charge in [0.2, 0.25) is 0 Å². The van der Waals surface area contributed by atoms with Crippen molar-refractivity contribution < 1.29 is 4.74 Å². The molecule has 0 unspecified atom stereocenters. The average molecular weight is 335 g/mol. The number of para-hydroxylation sites is 1. The summed E-state index contributed by atoms with van der Waals surface area (Å²) < 4.78 is 5.96. The fraction of sp³-hybridized carbons (Fsp3) is 0.333. The lowest BCUT2D eigenvalue weighted by Gasteiger charge is -2.09. The maximum atomic E-state index is 6.13. The van der Waals surface area contributed by atoms with Gasteiger partial charge >= 0.3 is 0 Å². The van der Waals surface area contributed by atoms with Crippen LogP contribution in [0.25, 0.3) is 5.70 Å². The Balaban J connectivity index is 1.60. The van der Waals surface area contributed by atoms with Crippen LogP contribution in [0, 0.1) is 6.92 Å². The third-order valence-corrected chi connectivity index (χ3v) is 4.14. The Morgan fingerprint density at radius 3 is 2.80 bits per heavy atom. The molecule has 1 aromatic carbocycles. The van der Waals surface area contributed by atoms with Crippen molar-refractivity contribution in [3.05, 3.63) is 65.5 Å². The number of hydrogen-bond acceptors (Lipinski definition) is 4. The minimum Gasteiger partial charge on any atom is -0.490 e. The predicted molar refractivity (Wildman–Crippen MR) is 103 cm³/mol. The van der Waals surface area contributed by atoms with Gasteiger partial charge < -0.3 is 10.5 Å². The summed E-state index contributed by atoms with van der Waals surface area (Å²) in [5.41, 5.74) is 10.9. The average Bonchev–Trinajstić information content (AvgIpc) is 3.41. The standard InChI is InChI=1S/C21H25N3O/c1-15-7-8-18(14-24-15)20(22)13-16(2)23-12-11-17-5-3-4-6-21(17)25-19-9-10-19/h3-8,13-14,19H,9-12,22H2,1-2H3. The minimum absolute atomic E-state index is 0.414. The van der Waals surface area contributed by atoms with Gasteiger partial charge in [0, 0.05) is 35.4 Å². The number of allylic oxidation sites excluding steroid dienone is 1. The van der Waals surface area contributed by atoms with E-state index in [1.54, 1.807) is 6.20 Å². The second kappa shape index (κ2) is 7.97. The molecule has 0 aliphatic heterocycles. The molecule has 2 aromatic rings. The number of rotatable bonds is 7. The molecule has 2 N–H and O–H groups in total. The fourth-order valence-electron chi connectivity index (χ4n) is 2.54. The van der Waals surface area contributed by atoms with Crippen LogP contribution in [-0.4, -0.2) is 23.3 Å². The second-order valence-electron chi connectivity index (χ2n) is 6.49. The van der Waals surface area contributed by atoms with Crippen molar-refractivity contribution in [2.45, 2.75) is 39.2 Å². The van der Waals surface area contributed by atoms with E-state index in [1.165, 1.54) is 18.4 Å². The summed E-state index contributed by atoms with van der Waals surface area (Å²) in [7, 11) is 0. The van der Waals surface area contributed by atoms with Gasteiger partial charge in [0.1, 0.15) is 5.75 Å². The van der Waals surface area contributed by atoms with E-state index in [0.717, 1.165) is 29.1 Å². The summed E-state index contributed by atoms with van der Waals surface area (Å²) in [4.78, 5) is 8.90. The zero-order valence-corrected chi connectivity index (χ0v) is 14.9. The van der Waals surface area contributed by atoms with Gasteiger partial charge in [-0.05, 0) is 62.9 Å². The van der Waals surface area contributed by atoms with E-state index >= 15 is 0 Å². The lowest BCUT2D eigenvalue weighted by molar-refractivity contribution is 0.300. The van der Waals surface area contributed by atoms with Crippen molar-refractivity contribution >= 4 is 11.4 Å². The van der Waals surface area contributed by atoms with Crippen LogP contribution in [-0.2, 0) is 6.42 Å². The third-order valence-electron chi connectivity index (χ3n) is 4.14. The van der Waals surface area contributed by atoms with Gasteiger partial charge in [-0.15, -0.1) is 0 Å². The molecule has 4 heteroatoms. The van der Waals surface area contributed by atoms with Gasteiger partial charge in [-0.2, -0.15) is 0 Å². The summed E-state index contributed by atoms with van der Waals surface area (Å²) in [5, 5.41) is 0. The number of nitrogens with zero attached hydrogens (tertiary/aromatic N) is 2. The maximum Gasteiger partial charge on any atom is 0.122 e. The zero-order chi connectivity index (χ0) is 17.6. The number of aromatic nitrogens is 1. The Kier molecular flexibility index (Phi) is 5.49. The number of aliphatic imine (C=N–C) groups is 1. The first-order valence-corrected chi connectivity index (χ1v) is 8.77. The van der Waals surface area contributed by atoms with Crippen LogP contribution in [0.15, 0.2) is 53.7 Å². The molecule has 0 saturated heterocycles. The third kappa shape index (κ3) is 5.18. The lowest BCUT2D eigenvalue weighted by atomic mass is 10.1. The van der Waals surface area contributed by atoms with Crippen LogP contribution >= 0.6 is 0 Å². The largest absolute Gasteiger partial charge is 0.490 e. The van der Waals surface area contributed by atoms with Gasteiger partial charge in [-0.1, -0.05) is 18.2 Å². The Labute approximate surface area is 149 Å². The van der Waals surface area contributed by atoms with Crippen molar-refractivity contribution in [2.24, 2.45) is 10.7 Å². The van der Waals surface area contributed by atoms with E-state index in [-0.39, 0.29) is 0 Å². The van der Waals surface area contributed by atoms with Crippen LogP contribution in [0.5, 0.6) is 5.75 Å². The maximum absolute atomic E-state index is 6.13. The molecule has 0 radical (unpaired) electrons. The molecule has 0 amide bonds. The molecule has 1 heterocycles. The molecule has 0 atom stereocenters. The van der Waals surface area contributed by atoms with Crippen molar-refractivity contribution in [1.29, 1.82) is 0 Å². The number of hydrogen-bond donors (Lipinski definition) is 1. The first-order chi connectivity index (χ1) is 12.1. The van der Waals surface area contributed by atoms with Gasteiger partial charge in [0.05, 0.1) is 6.10 Å². The van der Waals surface area contributed by atoms with E-state index in [0.29, 0.717) is 18.3 Å².